The van der Waals surface area contributed by atoms with Crippen LogP contribution in [0.15, 0.2) is 66.0 Å². The van der Waals surface area contributed by atoms with Gasteiger partial charge in [-0.1, -0.05) is 43.3 Å². The number of carbonyl (C=O) groups is 2. The van der Waals surface area contributed by atoms with Gasteiger partial charge >= 0.3 is 0 Å². The number of non-ortho nitro benzene ring substituents is 1. The number of nitro groups is 1. The molecule has 7 nitrogen and oxygen atoms in total. The predicted molar refractivity (Wildman–Crippen MR) is 132 cm³/mol. The van der Waals surface area contributed by atoms with Crippen LogP contribution >= 0.6 is 11.3 Å². The van der Waals surface area contributed by atoms with Gasteiger partial charge in [0, 0.05) is 35.2 Å². The Morgan fingerprint density at radius 1 is 1.18 bits per heavy atom. The highest BCUT2D eigenvalue weighted by Gasteiger charge is 2.34. The van der Waals surface area contributed by atoms with Gasteiger partial charge in [0.25, 0.3) is 11.6 Å². The molecule has 0 saturated carbocycles. The highest BCUT2D eigenvalue weighted by molar-refractivity contribution is 7.10. The van der Waals surface area contributed by atoms with Gasteiger partial charge in [-0.25, -0.2) is 0 Å². The third-order valence-corrected chi connectivity index (χ3v) is 7.39. The second-order valence-electron chi connectivity index (χ2n) is 8.45. The first-order valence-corrected chi connectivity index (χ1v) is 12.2. The number of carbonyl (C=O) groups excluding carboxylic acids is 2. The van der Waals surface area contributed by atoms with Crippen LogP contribution in [-0.2, 0) is 11.2 Å². The lowest BCUT2D eigenvalue weighted by molar-refractivity contribution is -0.384. The number of hydrogen-bond donors (Lipinski definition) is 0. The van der Waals surface area contributed by atoms with Gasteiger partial charge in [-0.3, -0.25) is 19.7 Å². The molecule has 2 heterocycles. The minimum atomic E-state index is -0.522. The topological polar surface area (TPSA) is 83.8 Å². The standard InChI is InChI=1S/C26H27N3O4S/c1-3-18(2)28(26(31)20-10-7-11-21(16-20)29(32)33)17-24(30)27-14-12-23-22(13-15-34-23)25(27)19-8-5-4-6-9-19/h4-11,13,15-16,18,25H,3,12,14,17H2,1-2H3. The van der Waals surface area contributed by atoms with Crippen molar-refractivity contribution in [2.75, 3.05) is 13.1 Å². The molecule has 0 spiro atoms. The highest BCUT2D eigenvalue weighted by Crippen LogP contribution is 2.37. The summed E-state index contributed by atoms with van der Waals surface area (Å²) < 4.78 is 0. The number of nitrogens with zero attached hydrogens (tertiary/aromatic N) is 3. The number of benzene rings is 2. The smallest absolute Gasteiger partial charge is 0.270 e. The quantitative estimate of drug-likeness (QED) is 0.351. The molecular formula is C26H27N3O4S. The average molecular weight is 478 g/mol. The first-order chi connectivity index (χ1) is 16.4. The normalized spacial score (nSPS) is 15.9. The molecule has 1 aromatic heterocycles. The van der Waals surface area contributed by atoms with Crippen molar-refractivity contribution >= 4 is 28.8 Å². The zero-order valence-electron chi connectivity index (χ0n) is 19.2. The van der Waals surface area contributed by atoms with Crippen LogP contribution < -0.4 is 0 Å². The molecule has 2 unspecified atom stereocenters. The lowest BCUT2D eigenvalue weighted by Gasteiger charge is -2.38. The molecule has 0 fully saturated rings. The summed E-state index contributed by atoms with van der Waals surface area (Å²) >= 11 is 1.71. The van der Waals surface area contributed by atoms with Crippen molar-refractivity contribution < 1.29 is 14.5 Å². The second-order valence-corrected chi connectivity index (χ2v) is 9.45. The number of nitro benzene ring substituents is 1. The number of amides is 2. The molecule has 2 aromatic carbocycles. The van der Waals surface area contributed by atoms with Crippen molar-refractivity contribution in [3.05, 3.63) is 97.7 Å². The van der Waals surface area contributed by atoms with Crippen LogP contribution in [0.25, 0.3) is 0 Å². The maximum absolute atomic E-state index is 13.7. The summed E-state index contributed by atoms with van der Waals surface area (Å²) in [4.78, 5) is 42.4. The summed E-state index contributed by atoms with van der Waals surface area (Å²) in [6.45, 7) is 4.34. The molecule has 8 heteroatoms. The number of rotatable bonds is 7. The fourth-order valence-electron chi connectivity index (χ4n) is 4.38. The Balaban J connectivity index is 1.63. The predicted octanol–water partition coefficient (Wildman–Crippen LogP) is 5.07. The maximum atomic E-state index is 13.7. The molecular weight excluding hydrogens is 450 g/mol. The molecule has 2 amide bonds. The third kappa shape index (κ3) is 4.72. The summed E-state index contributed by atoms with van der Waals surface area (Å²) in [5.74, 6) is -0.513. The highest BCUT2D eigenvalue weighted by atomic mass is 32.1. The van der Waals surface area contributed by atoms with Gasteiger partial charge in [-0.2, -0.15) is 0 Å². The van der Waals surface area contributed by atoms with Crippen LogP contribution in [0.1, 0.15) is 52.7 Å². The van der Waals surface area contributed by atoms with Crippen molar-refractivity contribution in [1.82, 2.24) is 9.80 Å². The first-order valence-electron chi connectivity index (χ1n) is 11.4. The molecule has 0 bridgehead atoms. The van der Waals surface area contributed by atoms with Gasteiger partial charge in [0.15, 0.2) is 0 Å². The van der Waals surface area contributed by atoms with Crippen molar-refractivity contribution in [2.45, 2.75) is 38.8 Å². The maximum Gasteiger partial charge on any atom is 0.270 e. The zero-order chi connectivity index (χ0) is 24.2. The van der Waals surface area contributed by atoms with Crippen LogP contribution in [0.4, 0.5) is 5.69 Å². The van der Waals surface area contributed by atoms with Gasteiger partial charge in [0.05, 0.1) is 11.0 Å². The van der Waals surface area contributed by atoms with E-state index in [0.29, 0.717) is 13.0 Å². The molecule has 0 saturated heterocycles. The summed E-state index contributed by atoms with van der Waals surface area (Å²) in [7, 11) is 0. The summed E-state index contributed by atoms with van der Waals surface area (Å²) in [5, 5.41) is 13.3. The van der Waals surface area contributed by atoms with E-state index in [-0.39, 0.29) is 41.7 Å². The molecule has 0 aliphatic carbocycles. The molecule has 3 aromatic rings. The molecule has 4 rings (SSSR count). The fourth-order valence-corrected chi connectivity index (χ4v) is 5.29. The second kappa shape index (κ2) is 10.2. The molecule has 1 aliphatic heterocycles. The lowest BCUT2D eigenvalue weighted by Crippen LogP contribution is -2.49. The monoisotopic (exact) mass is 477 g/mol. The van der Waals surface area contributed by atoms with Crippen LogP contribution in [0.2, 0.25) is 0 Å². The van der Waals surface area contributed by atoms with E-state index in [2.05, 4.69) is 11.4 Å². The minimum absolute atomic E-state index is 0.0840. The average Bonchev–Trinajstić information content (AvgIpc) is 3.35. The van der Waals surface area contributed by atoms with Gasteiger partial charge in [0.2, 0.25) is 5.91 Å². The van der Waals surface area contributed by atoms with Crippen molar-refractivity contribution in [1.29, 1.82) is 0 Å². The van der Waals surface area contributed by atoms with Crippen LogP contribution in [-0.4, -0.2) is 45.7 Å². The van der Waals surface area contributed by atoms with Crippen LogP contribution in [0.3, 0.4) is 0 Å². The van der Waals surface area contributed by atoms with Crippen molar-refractivity contribution in [2.24, 2.45) is 0 Å². The SMILES string of the molecule is CCC(C)N(CC(=O)N1CCc2sccc2C1c1ccccc1)C(=O)c1cccc([N+](=O)[O-])c1. The van der Waals surface area contributed by atoms with Crippen LogP contribution in [0, 0.1) is 10.1 Å². The number of fused-ring (bicyclic) bond motifs is 1. The summed E-state index contributed by atoms with van der Waals surface area (Å²) in [6, 6.07) is 17.3. The molecule has 34 heavy (non-hydrogen) atoms. The Kier molecular flexibility index (Phi) is 7.07. The van der Waals surface area contributed by atoms with Gasteiger partial charge in [-0.05, 0) is 48.4 Å². The molecule has 0 N–H and O–H groups in total. The largest absolute Gasteiger partial charge is 0.330 e. The Bertz CT molecular complexity index is 1190. The fraction of sp³-hybridized carbons (Fsp3) is 0.308. The van der Waals surface area contributed by atoms with Gasteiger partial charge in [0.1, 0.15) is 6.54 Å². The van der Waals surface area contributed by atoms with Crippen molar-refractivity contribution in [3.8, 4) is 0 Å². The Hall–Kier alpha value is -3.52. The van der Waals surface area contributed by atoms with E-state index >= 15 is 0 Å². The molecule has 0 radical (unpaired) electrons. The van der Waals surface area contributed by atoms with E-state index in [1.54, 1.807) is 17.4 Å². The van der Waals surface area contributed by atoms with E-state index in [1.165, 1.54) is 28.0 Å². The van der Waals surface area contributed by atoms with E-state index in [9.17, 15) is 19.7 Å². The van der Waals surface area contributed by atoms with E-state index in [4.69, 9.17) is 0 Å². The zero-order valence-corrected chi connectivity index (χ0v) is 20.0. The molecule has 2 atom stereocenters. The summed E-state index contributed by atoms with van der Waals surface area (Å²) in [5.41, 5.74) is 2.23. The first kappa shape index (κ1) is 23.6. The Morgan fingerprint density at radius 2 is 1.94 bits per heavy atom. The van der Waals surface area contributed by atoms with Gasteiger partial charge in [-0.15, -0.1) is 11.3 Å². The molecule has 1 aliphatic rings. The minimum Gasteiger partial charge on any atom is -0.330 e. The summed E-state index contributed by atoms with van der Waals surface area (Å²) in [6.07, 6.45) is 1.44. The third-order valence-electron chi connectivity index (χ3n) is 6.39. The van der Waals surface area contributed by atoms with Crippen LogP contribution in [0.5, 0.6) is 0 Å². The molecule has 176 valence electrons. The Labute approximate surface area is 202 Å². The Morgan fingerprint density at radius 3 is 2.65 bits per heavy atom. The van der Waals surface area contributed by atoms with Gasteiger partial charge < -0.3 is 9.80 Å². The number of hydrogen-bond acceptors (Lipinski definition) is 5. The van der Waals surface area contributed by atoms with Crippen molar-refractivity contribution in [3.63, 3.8) is 0 Å². The number of thiophene rings is 1. The lowest BCUT2D eigenvalue weighted by atomic mass is 9.93. The van der Waals surface area contributed by atoms with E-state index in [1.807, 2.05) is 49.1 Å². The van der Waals surface area contributed by atoms with E-state index in [0.717, 1.165) is 17.5 Å². The van der Waals surface area contributed by atoms with E-state index < -0.39 is 4.92 Å².